The Bertz CT molecular complexity index is 157. The zero-order valence-electron chi connectivity index (χ0n) is 7.66. The number of nitrogens with one attached hydrogen (secondary N) is 1. The number of rotatable bonds is 2. The Morgan fingerprint density at radius 3 is 2.58 bits per heavy atom. The molecule has 2 rings (SSSR count). The highest BCUT2D eigenvalue weighted by Crippen LogP contribution is 2.21. The lowest BCUT2D eigenvalue weighted by Gasteiger charge is -2.34. The lowest BCUT2D eigenvalue weighted by atomic mass is 9.89. The maximum atomic E-state index is 9.09. The van der Waals surface area contributed by atoms with Crippen molar-refractivity contribution in [2.75, 3.05) is 20.1 Å². The average molecular weight is 170 g/mol. The summed E-state index contributed by atoms with van der Waals surface area (Å²) in [6, 6.07) is 1.27. The molecule has 2 aliphatic rings. The van der Waals surface area contributed by atoms with Crippen LogP contribution in [0.4, 0.5) is 0 Å². The maximum Gasteiger partial charge on any atom is 0.0570 e. The fourth-order valence-corrected chi connectivity index (χ4v) is 2.13. The molecular weight excluding hydrogens is 152 g/mol. The molecule has 1 saturated carbocycles. The highest BCUT2D eigenvalue weighted by molar-refractivity contribution is 4.89. The lowest BCUT2D eigenvalue weighted by molar-refractivity contribution is 0.0582. The number of hydrogen-bond donors (Lipinski definition) is 2. The first-order chi connectivity index (χ1) is 5.74. The van der Waals surface area contributed by atoms with E-state index in [1.54, 1.807) is 0 Å². The van der Waals surface area contributed by atoms with Crippen molar-refractivity contribution in [3.63, 3.8) is 0 Å². The zero-order valence-corrected chi connectivity index (χ0v) is 7.66. The van der Waals surface area contributed by atoms with Crippen molar-refractivity contribution in [1.29, 1.82) is 0 Å². The van der Waals surface area contributed by atoms with Gasteiger partial charge in [-0.1, -0.05) is 0 Å². The minimum atomic E-state index is -0.0263. The monoisotopic (exact) mass is 170 g/mol. The van der Waals surface area contributed by atoms with E-state index in [1.807, 2.05) is 0 Å². The normalized spacial score (nSPS) is 43.0. The van der Waals surface area contributed by atoms with Crippen LogP contribution in [0.5, 0.6) is 0 Å². The fourth-order valence-electron chi connectivity index (χ4n) is 2.13. The zero-order chi connectivity index (χ0) is 8.55. The second-order valence-electron chi connectivity index (χ2n) is 4.24. The fraction of sp³-hybridized carbons (Fsp3) is 1.00. The van der Waals surface area contributed by atoms with Gasteiger partial charge in [-0.15, -0.1) is 0 Å². The van der Waals surface area contributed by atoms with Crippen LogP contribution in [-0.2, 0) is 0 Å². The number of aliphatic hydroxyl groups excluding tert-OH is 1. The molecule has 1 aliphatic heterocycles. The van der Waals surface area contributed by atoms with Crippen LogP contribution in [0.3, 0.4) is 0 Å². The first-order valence-electron chi connectivity index (χ1n) is 4.86. The summed E-state index contributed by atoms with van der Waals surface area (Å²) in [7, 11) is 2.16. The van der Waals surface area contributed by atoms with Gasteiger partial charge in [-0.2, -0.15) is 0 Å². The van der Waals surface area contributed by atoms with Gasteiger partial charge in [0.05, 0.1) is 6.10 Å². The van der Waals surface area contributed by atoms with E-state index in [2.05, 4.69) is 17.3 Å². The number of aliphatic hydroxyl groups is 1. The van der Waals surface area contributed by atoms with Crippen molar-refractivity contribution >= 4 is 0 Å². The van der Waals surface area contributed by atoms with Crippen LogP contribution in [-0.4, -0.2) is 48.3 Å². The van der Waals surface area contributed by atoms with Crippen LogP contribution in [0.25, 0.3) is 0 Å². The Labute approximate surface area is 73.8 Å². The second kappa shape index (κ2) is 3.32. The van der Waals surface area contributed by atoms with E-state index in [9.17, 15) is 0 Å². The van der Waals surface area contributed by atoms with Gasteiger partial charge in [0.15, 0.2) is 0 Å². The molecule has 1 saturated heterocycles. The molecule has 1 aliphatic carbocycles. The number of hydrogen-bond acceptors (Lipinski definition) is 3. The summed E-state index contributed by atoms with van der Waals surface area (Å²) in [5.41, 5.74) is 0. The highest BCUT2D eigenvalue weighted by atomic mass is 16.3. The van der Waals surface area contributed by atoms with Crippen LogP contribution >= 0.6 is 0 Å². The third-order valence-electron chi connectivity index (χ3n) is 2.98. The van der Waals surface area contributed by atoms with Gasteiger partial charge in [0.25, 0.3) is 0 Å². The van der Waals surface area contributed by atoms with Gasteiger partial charge >= 0.3 is 0 Å². The Morgan fingerprint density at radius 1 is 1.33 bits per heavy atom. The molecule has 3 nitrogen and oxygen atoms in total. The lowest BCUT2D eigenvalue weighted by Crippen LogP contribution is -2.49. The molecule has 1 heterocycles. The summed E-state index contributed by atoms with van der Waals surface area (Å²) in [4.78, 5) is 2.35. The first kappa shape index (κ1) is 8.48. The van der Waals surface area contributed by atoms with Crippen molar-refractivity contribution in [3.05, 3.63) is 0 Å². The molecule has 2 N–H and O–H groups in total. The molecule has 12 heavy (non-hydrogen) atoms. The molecule has 0 amide bonds. The van der Waals surface area contributed by atoms with E-state index in [4.69, 9.17) is 5.11 Å². The van der Waals surface area contributed by atoms with E-state index in [0.29, 0.717) is 12.1 Å². The molecule has 0 radical (unpaired) electrons. The van der Waals surface area contributed by atoms with Crippen LogP contribution < -0.4 is 5.32 Å². The predicted molar refractivity (Wildman–Crippen MR) is 48.1 cm³/mol. The summed E-state index contributed by atoms with van der Waals surface area (Å²) < 4.78 is 0. The minimum Gasteiger partial charge on any atom is -0.393 e. The molecular formula is C9H18N2O. The SMILES string of the molecule is CN1CC[C@@H](N[C@H]2C[C@H](O)C2)C1. The van der Waals surface area contributed by atoms with Crippen molar-refractivity contribution in [1.82, 2.24) is 10.2 Å². The largest absolute Gasteiger partial charge is 0.393 e. The van der Waals surface area contributed by atoms with E-state index in [-0.39, 0.29) is 6.10 Å². The Morgan fingerprint density at radius 2 is 2.08 bits per heavy atom. The molecule has 3 heteroatoms. The summed E-state index contributed by atoms with van der Waals surface area (Å²) >= 11 is 0. The molecule has 0 aromatic rings. The summed E-state index contributed by atoms with van der Waals surface area (Å²) in [6.07, 6.45) is 3.16. The van der Waals surface area contributed by atoms with Crippen molar-refractivity contribution < 1.29 is 5.11 Å². The quantitative estimate of drug-likeness (QED) is 0.602. The molecule has 0 bridgehead atoms. The van der Waals surface area contributed by atoms with Gasteiger partial charge < -0.3 is 15.3 Å². The summed E-state index contributed by atoms with van der Waals surface area (Å²) in [5, 5.41) is 12.7. The average Bonchev–Trinajstić information content (AvgIpc) is 2.33. The Balaban J connectivity index is 1.67. The topological polar surface area (TPSA) is 35.5 Å². The van der Waals surface area contributed by atoms with Gasteiger partial charge in [0, 0.05) is 18.6 Å². The highest BCUT2D eigenvalue weighted by Gasteiger charge is 2.30. The van der Waals surface area contributed by atoms with Crippen LogP contribution in [0, 0.1) is 0 Å². The number of likely N-dealkylation sites (tertiary alicyclic amines) is 1. The molecule has 70 valence electrons. The Kier molecular flexibility index (Phi) is 2.35. The van der Waals surface area contributed by atoms with Crippen LogP contribution in [0.15, 0.2) is 0 Å². The molecule has 1 atom stereocenters. The third-order valence-corrected chi connectivity index (χ3v) is 2.98. The van der Waals surface area contributed by atoms with E-state index >= 15 is 0 Å². The molecule has 0 aromatic heterocycles. The standard InChI is InChI=1S/C9H18N2O/c1-11-3-2-7(6-11)10-8-4-9(12)5-8/h7-10,12H,2-6H2,1H3/t7-,8-,9-/m1/s1. The van der Waals surface area contributed by atoms with Gasteiger partial charge in [-0.25, -0.2) is 0 Å². The molecule has 0 spiro atoms. The van der Waals surface area contributed by atoms with Gasteiger partial charge in [0.2, 0.25) is 0 Å². The van der Waals surface area contributed by atoms with E-state index in [0.717, 1.165) is 12.8 Å². The molecule has 2 fully saturated rings. The smallest absolute Gasteiger partial charge is 0.0570 e. The van der Waals surface area contributed by atoms with Crippen molar-refractivity contribution in [2.24, 2.45) is 0 Å². The van der Waals surface area contributed by atoms with Gasteiger partial charge in [-0.3, -0.25) is 0 Å². The summed E-state index contributed by atoms with van der Waals surface area (Å²) in [6.45, 7) is 2.39. The number of nitrogens with zero attached hydrogens (tertiary/aromatic N) is 1. The Hall–Kier alpha value is -0.120. The third kappa shape index (κ3) is 1.79. The second-order valence-corrected chi connectivity index (χ2v) is 4.24. The molecule has 0 unspecified atom stereocenters. The van der Waals surface area contributed by atoms with Crippen molar-refractivity contribution in [3.8, 4) is 0 Å². The van der Waals surface area contributed by atoms with Crippen molar-refractivity contribution in [2.45, 2.75) is 37.5 Å². The van der Waals surface area contributed by atoms with E-state index in [1.165, 1.54) is 19.5 Å². The van der Waals surface area contributed by atoms with E-state index < -0.39 is 0 Å². The predicted octanol–water partition coefficient (Wildman–Crippen LogP) is -0.197. The molecule has 0 aromatic carbocycles. The van der Waals surface area contributed by atoms with Crippen LogP contribution in [0.2, 0.25) is 0 Å². The minimum absolute atomic E-state index is 0.0263. The van der Waals surface area contributed by atoms with Gasteiger partial charge in [-0.05, 0) is 32.9 Å². The summed E-state index contributed by atoms with van der Waals surface area (Å²) in [5.74, 6) is 0. The number of likely N-dealkylation sites (N-methyl/N-ethyl adjacent to an activating group) is 1. The van der Waals surface area contributed by atoms with Crippen LogP contribution in [0.1, 0.15) is 19.3 Å². The van der Waals surface area contributed by atoms with Gasteiger partial charge in [0.1, 0.15) is 0 Å². The maximum absolute atomic E-state index is 9.09. The first-order valence-corrected chi connectivity index (χ1v) is 4.86.